The highest BCUT2D eigenvalue weighted by atomic mass is 16.5. The van der Waals surface area contributed by atoms with Gasteiger partial charge in [0.15, 0.2) is 5.78 Å². The lowest BCUT2D eigenvalue weighted by molar-refractivity contribution is -0.130. The van der Waals surface area contributed by atoms with E-state index in [9.17, 15) is 9.59 Å². The van der Waals surface area contributed by atoms with Gasteiger partial charge in [0.05, 0.1) is 12.0 Å². The number of aryl methyl sites for hydroxylation is 1. The number of fused-ring (bicyclic) bond motifs is 1. The lowest BCUT2D eigenvalue weighted by Crippen LogP contribution is -2.52. The maximum atomic E-state index is 12.6. The van der Waals surface area contributed by atoms with Gasteiger partial charge in [0, 0.05) is 31.5 Å². The Balaban J connectivity index is 1.84. The first-order chi connectivity index (χ1) is 10.8. The van der Waals surface area contributed by atoms with Crippen LogP contribution in [-0.4, -0.2) is 35.3 Å². The summed E-state index contributed by atoms with van der Waals surface area (Å²) >= 11 is 0. The summed E-state index contributed by atoms with van der Waals surface area (Å²) < 4.78 is 6.35. The van der Waals surface area contributed by atoms with Crippen LogP contribution in [0.5, 0.6) is 5.75 Å². The predicted molar refractivity (Wildman–Crippen MR) is 88.9 cm³/mol. The summed E-state index contributed by atoms with van der Waals surface area (Å²) in [5.74, 6) is 0.879. The number of piperidine rings is 1. The van der Waals surface area contributed by atoms with E-state index in [-0.39, 0.29) is 11.7 Å². The van der Waals surface area contributed by atoms with Crippen molar-refractivity contribution in [1.29, 1.82) is 0 Å². The molecule has 1 saturated heterocycles. The number of benzene rings is 1. The summed E-state index contributed by atoms with van der Waals surface area (Å²) in [6.45, 7) is 10.7. The summed E-state index contributed by atoms with van der Waals surface area (Å²) in [6, 6.07) is 3.84. The van der Waals surface area contributed by atoms with Gasteiger partial charge in [-0.25, -0.2) is 0 Å². The Kier molecular flexibility index (Phi) is 3.78. The van der Waals surface area contributed by atoms with Gasteiger partial charge in [-0.3, -0.25) is 9.59 Å². The molecule has 4 nitrogen and oxygen atoms in total. The van der Waals surface area contributed by atoms with E-state index in [2.05, 4.69) is 6.58 Å². The average molecular weight is 313 g/mol. The molecule has 0 atom stereocenters. The van der Waals surface area contributed by atoms with Gasteiger partial charge in [-0.2, -0.15) is 0 Å². The number of nitrogens with zero attached hydrogens (tertiary/aromatic N) is 1. The smallest absolute Gasteiger partial charge is 0.248 e. The van der Waals surface area contributed by atoms with Crippen LogP contribution >= 0.6 is 0 Å². The minimum absolute atomic E-state index is 0.00517. The van der Waals surface area contributed by atoms with Crippen molar-refractivity contribution in [2.75, 3.05) is 13.1 Å². The number of carbonyl (C=O) groups is 2. The van der Waals surface area contributed by atoms with Crippen LogP contribution in [0.3, 0.4) is 0 Å². The molecular weight excluding hydrogens is 290 g/mol. The molecule has 2 heterocycles. The molecular formula is C19H23NO3. The molecule has 23 heavy (non-hydrogen) atoms. The van der Waals surface area contributed by atoms with Gasteiger partial charge in [0.25, 0.3) is 0 Å². The molecule has 2 aliphatic heterocycles. The van der Waals surface area contributed by atoms with Crippen molar-refractivity contribution in [3.05, 3.63) is 41.0 Å². The minimum atomic E-state index is -0.464. The zero-order chi connectivity index (χ0) is 16.8. The molecule has 0 aromatic heterocycles. The highest BCUT2D eigenvalue weighted by Crippen LogP contribution is 2.41. The van der Waals surface area contributed by atoms with Crippen LogP contribution in [0.4, 0.5) is 0 Å². The summed E-state index contributed by atoms with van der Waals surface area (Å²) in [5.41, 5.74) is 2.95. The van der Waals surface area contributed by atoms with Gasteiger partial charge in [-0.1, -0.05) is 12.6 Å². The SMILES string of the molecule is C=C(C)C(=O)N1CCC2(CC1)CC(=O)c1ccc(C)c(C)c1O2. The van der Waals surface area contributed by atoms with Crippen molar-refractivity contribution in [2.45, 2.75) is 45.6 Å². The Morgan fingerprint density at radius 1 is 1.26 bits per heavy atom. The molecule has 0 bridgehead atoms. The molecule has 0 radical (unpaired) electrons. The van der Waals surface area contributed by atoms with E-state index in [1.807, 2.05) is 26.0 Å². The summed E-state index contributed by atoms with van der Waals surface area (Å²) in [4.78, 5) is 26.4. The lowest BCUT2D eigenvalue weighted by Gasteiger charge is -2.44. The number of ketones is 1. The van der Waals surface area contributed by atoms with E-state index >= 15 is 0 Å². The van der Waals surface area contributed by atoms with Crippen molar-refractivity contribution >= 4 is 11.7 Å². The third-order valence-electron chi connectivity index (χ3n) is 5.11. The molecule has 1 amide bonds. The maximum Gasteiger partial charge on any atom is 0.248 e. The van der Waals surface area contributed by atoms with Crippen LogP contribution in [0.1, 0.15) is 47.7 Å². The first-order valence-corrected chi connectivity index (χ1v) is 8.10. The number of amides is 1. The Morgan fingerprint density at radius 3 is 2.52 bits per heavy atom. The topological polar surface area (TPSA) is 46.6 Å². The van der Waals surface area contributed by atoms with Gasteiger partial charge >= 0.3 is 0 Å². The molecule has 1 fully saturated rings. The Labute approximate surface area is 137 Å². The Bertz CT molecular complexity index is 697. The van der Waals surface area contributed by atoms with Crippen molar-refractivity contribution in [2.24, 2.45) is 0 Å². The number of hydrogen-bond donors (Lipinski definition) is 0. The Morgan fingerprint density at radius 2 is 1.91 bits per heavy atom. The molecule has 122 valence electrons. The van der Waals surface area contributed by atoms with Crippen molar-refractivity contribution in [1.82, 2.24) is 4.90 Å². The van der Waals surface area contributed by atoms with Crippen LogP contribution in [0.15, 0.2) is 24.3 Å². The maximum absolute atomic E-state index is 12.6. The lowest BCUT2D eigenvalue weighted by atomic mass is 9.81. The highest BCUT2D eigenvalue weighted by Gasteiger charge is 2.44. The third-order valence-corrected chi connectivity index (χ3v) is 5.11. The molecule has 1 aromatic carbocycles. The van der Waals surface area contributed by atoms with E-state index in [4.69, 9.17) is 4.74 Å². The highest BCUT2D eigenvalue weighted by molar-refractivity contribution is 6.01. The van der Waals surface area contributed by atoms with Crippen LogP contribution in [0.25, 0.3) is 0 Å². The number of rotatable bonds is 1. The minimum Gasteiger partial charge on any atom is -0.486 e. The standard InChI is InChI=1S/C19H23NO3/c1-12(2)18(22)20-9-7-19(8-10-20)11-16(21)15-6-5-13(3)14(4)17(15)23-19/h5-6H,1,7-11H2,2-4H3. The second-order valence-electron chi connectivity index (χ2n) is 6.84. The van der Waals surface area contributed by atoms with E-state index in [1.54, 1.807) is 11.8 Å². The van der Waals surface area contributed by atoms with Gasteiger partial charge < -0.3 is 9.64 Å². The molecule has 1 spiro atoms. The van der Waals surface area contributed by atoms with Crippen LogP contribution in [0.2, 0.25) is 0 Å². The zero-order valence-corrected chi connectivity index (χ0v) is 14.1. The Hall–Kier alpha value is -2.10. The van der Waals surface area contributed by atoms with E-state index < -0.39 is 5.60 Å². The molecule has 1 aromatic rings. The first kappa shape index (κ1) is 15.8. The number of Topliss-reactive ketones (excluding diaryl/α,β-unsaturated/α-hetero) is 1. The predicted octanol–water partition coefficient (Wildman–Crippen LogP) is 3.21. The molecule has 4 heteroatoms. The van der Waals surface area contributed by atoms with Crippen molar-refractivity contribution in [3.63, 3.8) is 0 Å². The van der Waals surface area contributed by atoms with Gasteiger partial charge in [0.1, 0.15) is 11.4 Å². The molecule has 0 aliphatic carbocycles. The molecule has 0 N–H and O–H groups in total. The van der Waals surface area contributed by atoms with E-state index in [0.717, 1.165) is 16.9 Å². The zero-order valence-electron chi connectivity index (χ0n) is 14.1. The van der Waals surface area contributed by atoms with Crippen molar-refractivity contribution < 1.29 is 14.3 Å². The van der Waals surface area contributed by atoms with Gasteiger partial charge in [0.2, 0.25) is 5.91 Å². The van der Waals surface area contributed by atoms with E-state index in [0.29, 0.717) is 43.5 Å². The normalized spacial score (nSPS) is 19.3. The monoisotopic (exact) mass is 313 g/mol. The van der Waals surface area contributed by atoms with Crippen LogP contribution < -0.4 is 4.74 Å². The largest absolute Gasteiger partial charge is 0.486 e. The number of carbonyl (C=O) groups excluding carboxylic acids is 2. The van der Waals surface area contributed by atoms with E-state index in [1.165, 1.54) is 0 Å². The second-order valence-corrected chi connectivity index (χ2v) is 6.84. The van der Waals surface area contributed by atoms with Crippen molar-refractivity contribution in [3.8, 4) is 5.75 Å². The molecule has 0 unspecified atom stereocenters. The fourth-order valence-electron chi connectivity index (χ4n) is 3.45. The first-order valence-electron chi connectivity index (χ1n) is 8.10. The van der Waals surface area contributed by atoms with Gasteiger partial charge in [-0.15, -0.1) is 0 Å². The summed E-state index contributed by atoms with van der Waals surface area (Å²) in [5, 5.41) is 0. The molecule has 2 aliphatic rings. The second kappa shape index (κ2) is 5.52. The molecule has 0 saturated carbocycles. The average Bonchev–Trinajstić information content (AvgIpc) is 2.51. The quantitative estimate of drug-likeness (QED) is 0.748. The van der Waals surface area contributed by atoms with Crippen LogP contribution in [0, 0.1) is 13.8 Å². The van der Waals surface area contributed by atoms with Gasteiger partial charge in [-0.05, 0) is 38.0 Å². The fourth-order valence-corrected chi connectivity index (χ4v) is 3.45. The number of hydrogen-bond acceptors (Lipinski definition) is 3. The fraction of sp³-hybridized carbons (Fsp3) is 0.474. The number of likely N-dealkylation sites (tertiary alicyclic amines) is 1. The van der Waals surface area contributed by atoms with Crippen LogP contribution in [-0.2, 0) is 4.79 Å². The summed E-state index contributed by atoms with van der Waals surface area (Å²) in [6.07, 6.45) is 1.77. The summed E-state index contributed by atoms with van der Waals surface area (Å²) in [7, 11) is 0. The molecule has 3 rings (SSSR count). The third kappa shape index (κ3) is 2.67. The number of ether oxygens (including phenoxy) is 1.